The molecule has 0 aliphatic carbocycles. The molecule has 1 N–H and O–H groups in total. The number of aliphatic hydroxyl groups is 1. The van der Waals surface area contributed by atoms with Crippen molar-refractivity contribution in [2.45, 2.75) is 27.7 Å². The molecule has 1 aromatic heterocycles. The van der Waals surface area contributed by atoms with E-state index in [1.807, 2.05) is 30.3 Å². The summed E-state index contributed by atoms with van der Waals surface area (Å²) in [4.78, 5) is 14.8. The fourth-order valence-corrected chi connectivity index (χ4v) is 2.84. The predicted molar refractivity (Wildman–Crippen MR) is 116 cm³/mol. The quantitative estimate of drug-likeness (QED) is 0.254. The van der Waals surface area contributed by atoms with Gasteiger partial charge in [-0.2, -0.15) is 0 Å². The third kappa shape index (κ3) is 6.41. The monoisotopic (exact) mass is 585 g/mol. The summed E-state index contributed by atoms with van der Waals surface area (Å²) in [6.07, 6.45) is 1.17. The molecule has 0 spiro atoms. The van der Waals surface area contributed by atoms with Crippen LogP contribution in [0.15, 0.2) is 48.2 Å². The van der Waals surface area contributed by atoms with E-state index in [9.17, 15) is 4.79 Å². The largest absolute Gasteiger partial charge is 0.512 e. The molecule has 0 saturated carbocycles. The first kappa shape index (κ1) is 25.3. The fraction of sp³-hybridized carbons (Fsp3) is 0.250. The third-order valence-electron chi connectivity index (χ3n) is 4.39. The molecule has 0 amide bonds. The van der Waals surface area contributed by atoms with Gasteiger partial charge in [-0.25, -0.2) is 0 Å². The molecule has 6 heteroatoms. The number of hydrogen-bond donors (Lipinski definition) is 1. The molecule has 0 unspecified atom stereocenters. The van der Waals surface area contributed by atoms with Gasteiger partial charge in [-0.15, -0.1) is 34.9 Å². The fourth-order valence-electron chi connectivity index (χ4n) is 2.84. The third-order valence-corrected chi connectivity index (χ3v) is 4.39. The number of aromatic nitrogens is 1. The van der Waals surface area contributed by atoms with Crippen LogP contribution in [-0.4, -0.2) is 30.1 Å². The number of carbonyl (C=O) groups excluding carboxylic acids is 1. The molecule has 0 bridgehead atoms. The van der Waals surface area contributed by atoms with E-state index in [2.05, 4.69) is 26.0 Å². The summed E-state index contributed by atoms with van der Waals surface area (Å²) in [6.45, 7) is 7.04. The molecule has 0 fully saturated rings. The van der Waals surface area contributed by atoms with Gasteiger partial charge < -0.3 is 14.6 Å². The van der Waals surface area contributed by atoms with Gasteiger partial charge in [0.1, 0.15) is 11.5 Å². The topological polar surface area (TPSA) is 68.7 Å². The van der Waals surface area contributed by atoms with Crippen molar-refractivity contribution < 1.29 is 39.5 Å². The van der Waals surface area contributed by atoms with Crippen molar-refractivity contribution in [3.05, 3.63) is 65.4 Å². The number of pyridine rings is 1. The minimum Gasteiger partial charge on any atom is -0.512 e. The molecule has 1 radical (unpaired) electrons. The predicted octanol–water partition coefficient (Wildman–Crippen LogP) is 5.37. The zero-order chi connectivity index (χ0) is 21.6. The van der Waals surface area contributed by atoms with Crippen molar-refractivity contribution in [1.82, 2.24) is 4.98 Å². The van der Waals surface area contributed by atoms with Gasteiger partial charge in [0.2, 0.25) is 0 Å². The van der Waals surface area contributed by atoms with Crippen LogP contribution in [-0.2, 0) is 24.9 Å². The normalized spacial score (nSPS) is 10.5. The molecular weight excluding hydrogens is 558 g/mol. The molecule has 5 nitrogen and oxygen atoms in total. The second kappa shape index (κ2) is 11.5. The summed E-state index contributed by atoms with van der Waals surface area (Å²) < 4.78 is 10.8. The minimum atomic E-state index is -0.125. The van der Waals surface area contributed by atoms with E-state index in [0.29, 0.717) is 0 Å². The van der Waals surface area contributed by atoms with Crippen molar-refractivity contribution in [2.75, 3.05) is 14.2 Å². The van der Waals surface area contributed by atoms with Crippen LogP contribution in [0.5, 0.6) is 11.5 Å². The molecule has 0 atom stereocenters. The number of ether oxygens (including phenoxy) is 2. The SMILES string of the molecule is CC(=O)/C=C(/C)O.COc1cc(OC)c2ccc(-c3[c-]ccc(C)c3C)nc2c1.[Ir]. The Bertz CT molecular complexity index is 1060. The number of allylic oxidation sites excluding steroid dienone is 2. The molecule has 1 heterocycles. The van der Waals surface area contributed by atoms with Crippen LogP contribution in [0.25, 0.3) is 22.2 Å². The van der Waals surface area contributed by atoms with Crippen molar-refractivity contribution >= 4 is 16.7 Å². The Morgan fingerprint density at radius 3 is 2.33 bits per heavy atom. The van der Waals surface area contributed by atoms with Crippen LogP contribution in [0.2, 0.25) is 0 Å². The Balaban J connectivity index is 0.000000489. The van der Waals surface area contributed by atoms with Crippen LogP contribution >= 0.6 is 0 Å². The van der Waals surface area contributed by atoms with Gasteiger partial charge >= 0.3 is 0 Å². The maximum Gasteiger partial charge on any atom is 0.155 e. The Hall–Kier alpha value is -2.69. The Morgan fingerprint density at radius 2 is 1.80 bits per heavy atom. The smallest absolute Gasteiger partial charge is 0.155 e. The molecule has 0 saturated heterocycles. The van der Waals surface area contributed by atoms with Crippen LogP contribution < -0.4 is 9.47 Å². The molecule has 30 heavy (non-hydrogen) atoms. The Labute approximate surface area is 191 Å². The number of hydrogen-bond acceptors (Lipinski definition) is 5. The first-order chi connectivity index (χ1) is 13.8. The minimum absolute atomic E-state index is 0. The standard InChI is InChI=1S/C19H18NO2.C5H8O2.Ir/c1-12-6-5-7-15(13(12)2)17-9-8-16-18(20-17)10-14(21-3)11-19(16)22-4;1-4(6)3-5(2)7;/h5-6,8-11H,1-4H3;3,6H,1-2H3;/q-1;;/b;4-3-;. The van der Waals surface area contributed by atoms with Gasteiger partial charge in [0.15, 0.2) is 5.78 Å². The number of ketones is 1. The van der Waals surface area contributed by atoms with Crippen molar-refractivity contribution in [2.24, 2.45) is 0 Å². The number of fused-ring (bicyclic) bond motifs is 1. The van der Waals surface area contributed by atoms with E-state index in [4.69, 9.17) is 19.6 Å². The molecule has 0 aliphatic heterocycles. The maximum absolute atomic E-state index is 10.0. The average Bonchev–Trinajstić information content (AvgIpc) is 2.68. The van der Waals surface area contributed by atoms with E-state index < -0.39 is 0 Å². The van der Waals surface area contributed by atoms with Gasteiger partial charge in [-0.3, -0.25) is 9.78 Å². The summed E-state index contributed by atoms with van der Waals surface area (Å²) in [7, 11) is 3.30. The summed E-state index contributed by atoms with van der Waals surface area (Å²) in [5.74, 6) is 1.43. The van der Waals surface area contributed by atoms with E-state index in [0.717, 1.165) is 33.7 Å². The van der Waals surface area contributed by atoms with Crippen LogP contribution in [0.1, 0.15) is 25.0 Å². The van der Waals surface area contributed by atoms with Crippen LogP contribution in [0.3, 0.4) is 0 Å². The van der Waals surface area contributed by atoms with Crippen LogP contribution in [0, 0.1) is 19.9 Å². The van der Waals surface area contributed by atoms with E-state index in [1.165, 1.54) is 31.1 Å². The van der Waals surface area contributed by atoms with E-state index in [1.54, 1.807) is 14.2 Å². The molecule has 161 valence electrons. The van der Waals surface area contributed by atoms with Crippen LogP contribution in [0.4, 0.5) is 0 Å². The number of rotatable bonds is 4. The maximum atomic E-state index is 10.0. The first-order valence-electron chi connectivity index (χ1n) is 9.15. The second-order valence-corrected chi connectivity index (χ2v) is 6.65. The average molecular weight is 585 g/mol. The van der Waals surface area contributed by atoms with Gasteiger partial charge in [-0.05, 0) is 19.5 Å². The number of carbonyl (C=O) groups is 1. The number of methoxy groups -OCH3 is 2. The molecule has 3 aromatic rings. The first-order valence-corrected chi connectivity index (χ1v) is 9.15. The van der Waals surface area contributed by atoms with Crippen molar-refractivity contribution in [3.63, 3.8) is 0 Å². The number of nitrogens with zero attached hydrogens (tertiary/aromatic N) is 1. The Kier molecular flexibility index (Phi) is 9.70. The summed E-state index contributed by atoms with van der Waals surface area (Å²) in [5, 5.41) is 9.33. The van der Waals surface area contributed by atoms with E-state index in [-0.39, 0.29) is 31.6 Å². The number of aliphatic hydroxyl groups excluding tert-OH is 1. The van der Waals surface area contributed by atoms with Gasteiger partial charge in [-0.1, -0.05) is 26.0 Å². The van der Waals surface area contributed by atoms with Crippen molar-refractivity contribution in [3.8, 4) is 22.8 Å². The number of benzene rings is 2. The molecule has 0 aliphatic rings. The van der Waals surface area contributed by atoms with Gasteiger partial charge in [0.05, 0.1) is 25.5 Å². The van der Waals surface area contributed by atoms with Crippen molar-refractivity contribution in [1.29, 1.82) is 0 Å². The van der Waals surface area contributed by atoms with Gasteiger partial charge in [0.25, 0.3) is 0 Å². The van der Waals surface area contributed by atoms with E-state index >= 15 is 0 Å². The Morgan fingerprint density at radius 1 is 1.10 bits per heavy atom. The number of aryl methyl sites for hydroxylation is 1. The summed E-state index contributed by atoms with van der Waals surface area (Å²) in [5.41, 5.74) is 5.22. The summed E-state index contributed by atoms with van der Waals surface area (Å²) in [6, 6.07) is 15.1. The van der Waals surface area contributed by atoms with Gasteiger partial charge in [0, 0.05) is 43.7 Å². The molecule has 2 aromatic carbocycles. The molecule has 3 rings (SSSR count). The zero-order valence-electron chi connectivity index (χ0n) is 18.0. The zero-order valence-corrected chi connectivity index (χ0v) is 20.4. The second-order valence-electron chi connectivity index (χ2n) is 6.65. The summed E-state index contributed by atoms with van der Waals surface area (Å²) >= 11 is 0. The molecular formula is C24H26IrNO4-.